The Kier molecular flexibility index (Phi) is 6.37. The van der Waals surface area contributed by atoms with Crippen LogP contribution in [0.2, 0.25) is 0 Å². The van der Waals surface area contributed by atoms with Crippen molar-refractivity contribution in [1.29, 1.82) is 0 Å². The molecule has 2 bridgehead atoms. The highest BCUT2D eigenvalue weighted by Crippen LogP contribution is 2.32. The molecule has 2 amide bonds. The summed E-state index contributed by atoms with van der Waals surface area (Å²) < 4.78 is 17.1. The molecule has 3 saturated heterocycles. The highest BCUT2D eigenvalue weighted by Gasteiger charge is 2.52. The van der Waals surface area contributed by atoms with Crippen molar-refractivity contribution in [3.63, 3.8) is 0 Å². The van der Waals surface area contributed by atoms with Crippen molar-refractivity contribution in [3.05, 3.63) is 54.6 Å². The van der Waals surface area contributed by atoms with Gasteiger partial charge in [-0.15, -0.1) is 0 Å². The molecular formula is C24H30N4O5. The number of para-hydroxylation sites is 1. The second-order valence-corrected chi connectivity index (χ2v) is 8.57. The molecule has 0 aliphatic carbocycles. The quantitative estimate of drug-likeness (QED) is 0.630. The van der Waals surface area contributed by atoms with E-state index in [0.29, 0.717) is 18.0 Å². The van der Waals surface area contributed by atoms with Gasteiger partial charge in [0, 0.05) is 43.6 Å². The van der Waals surface area contributed by atoms with Gasteiger partial charge in [0.1, 0.15) is 11.9 Å². The molecule has 33 heavy (non-hydrogen) atoms. The Hall–Kier alpha value is -2.85. The number of amides is 2. The third-order valence-corrected chi connectivity index (χ3v) is 6.61. The Morgan fingerprint density at radius 2 is 1.88 bits per heavy atom. The predicted octanol–water partition coefficient (Wildman–Crippen LogP) is 1.49. The Morgan fingerprint density at radius 3 is 2.64 bits per heavy atom. The molecule has 0 radical (unpaired) electrons. The molecule has 3 heterocycles. The molecule has 2 aromatic rings. The topological polar surface area (TPSA) is 95.5 Å². The fourth-order valence-electron chi connectivity index (χ4n) is 4.90. The maximum absolute atomic E-state index is 12.7. The minimum absolute atomic E-state index is 0.340. The average Bonchev–Trinajstić information content (AvgIpc) is 3.28. The van der Waals surface area contributed by atoms with Crippen LogP contribution in [0.4, 0.5) is 16.2 Å². The molecule has 2 aromatic carbocycles. The van der Waals surface area contributed by atoms with Crippen LogP contribution in [-0.4, -0.2) is 86.5 Å². The summed E-state index contributed by atoms with van der Waals surface area (Å²) in [5.41, 5.74) is 1.80. The molecule has 9 heteroatoms. The van der Waals surface area contributed by atoms with Crippen molar-refractivity contribution < 1.29 is 24.1 Å². The molecule has 3 aliphatic heterocycles. The number of anilines is 2. The standard InChI is InChI=1S/C24H30N4O5/c1-31-18-9-5-6-16(14-18)25-24(30)26-20-19-15-32-23(33-19)21(22(20)29)28-12-10-27(11-13-28)17-7-3-2-4-8-17/h2-9,14,19-23,29H,10-13,15H2,1H3,(H2,25,26,30)/t19-,20-,21-,22+,23-/m1/s1. The van der Waals surface area contributed by atoms with Crippen molar-refractivity contribution in [1.82, 2.24) is 10.2 Å². The molecule has 0 spiro atoms. The number of nitrogens with one attached hydrogen (secondary N) is 2. The van der Waals surface area contributed by atoms with Gasteiger partial charge in [0.05, 0.1) is 31.9 Å². The van der Waals surface area contributed by atoms with Crippen LogP contribution in [0.25, 0.3) is 0 Å². The largest absolute Gasteiger partial charge is 0.497 e. The van der Waals surface area contributed by atoms with Crippen molar-refractivity contribution >= 4 is 17.4 Å². The maximum Gasteiger partial charge on any atom is 0.319 e. The van der Waals surface area contributed by atoms with Gasteiger partial charge in [0.2, 0.25) is 0 Å². The molecule has 3 fully saturated rings. The minimum atomic E-state index is -0.810. The second-order valence-electron chi connectivity index (χ2n) is 8.57. The Bertz CT molecular complexity index is 953. The Morgan fingerprint density at radius 1 is 1.09 bits per heavy atom. The number of fused-ring (bicyclic) bond motifs is 2. The lowest BCUT2D eigenvalue weighted by Crippen LogP contribution is -2.67. The monoisotopic (exact) mass is 454 g/mol. The molecule has 0 saturated carbocycles. The lowest BCUT2D eigenvalue weighted by Gasteiger charge is -2.47. The predicted molar refractivity (Wildman–Crippen MR) is 124 cm³/mol. The van der Waals surface area contributed by atoms with Crippen LogP contribution in [-0.2, 0) is 9.47 Å². The van der Waals surface area contributed by atoms with E-state index in [1.165, 1.54) is 5.69 Å². The first-order valence-electron chi connectivity index (χ1n) is 11.3. The number of hydrogen-bond acceptors (Lipinski definition) is 7. The van der Waals surface area contributed by atoms with Crippen LogP contribution in [0.1, 0.15) is 0 Å². The van der Waals surface area contributed by atoms with E-state index >= 15 is 0 Å². The fraction of sp³-hybridized carbons (Fsp3) is 0.458. The zero-order chi connectivity index (χ0) is 22.8. The molecule has 0 aromatic heterocycles. The SMILES string of the molecule is COc1cccc(NC(=O)N[C@H]2[C@H](O)[C@@H](N3CCN(c4ccccc4)CC3)[C@@H]3OC[C@H]2O3)c1. The Labute approximate surface area is 193 Å². The summed E-state index contributed by atoms with van der Waals surface area (Å²) >= 11 is 0. The average molecular weight is 455 g/mol. The number of nitrogens with zero attached hydrogens (tertiary/aromatic N) is 2. The van der Waals surface area contributed by atoms with Crippen molar-refractivity contribution in [3.8, 4) is 5.75 Å². The summed E-state index contributed by atoms with van der Waals surface area (Å²) in [6.07, 6.45) is -1.69. The van der Waals surface area contributed by atoms with E-state index in [2.05, 4.69) is 32.6 Å². The van der Waals surface area contributed by atoms with Gasteiger partial charge in [-0.05, 0) is 24.3 Å². The smallest absolute Gasteiger partial charge is 0.319 e. The van der Waals surface area contributed by atoms with E-state index in [0.717, 1.165) is 26.2 Å². The first-order chi connectivity index (χ1) is 16.1. The summed E-state index contributed by atoms with van der Waals surface area (Å²) in [6.45, 7) is 3.57. The number of urea groups is 1. The molecule has 176 valence electrons. The molecular weight excluding hydrogens is 424 g/mol. The van der Waals surface area contributed by atoms with Gasteiger partial charge in [0.15, 0.2) is 6.29 Å². The molecule has 5 atom stereocenters. The number of piperazine rings is 1. The van der Waals surface area contributed by atoms with E-state index in [-0.39, 0.29) is 12.1 Å². The Balaban J connectivity index is 1.22. The molecule has 5 rings (SSSR count). The van der Waals surface area contributed by atoms with Crippen LogP contribution in [0.3, 0.4) is 0 Å². The molecule has 9 nitrogen and oxygen atoms in total. The van der Waals surface area contributed by atoms with Gasteiger partial charge < -0.3 is 34.9 Å². The second kappa shape index (κ2) is 9.56. The van der Waals surface area contributed by atoms with Gasteiger partial charge in [0.25, 0.3) is 0 Å². The molecule has 0 unspecified atom stereocenters. The van der Waals surface area contributed by atoms with Gasteiger partial charge in [-0.1, -0.05) is 24.3 Å². The zero-order valence-electron chi connectivity index (χ0n) is 18.6. The fourth-order valence-corrected chi connectivity index (χ4v) is 4.90. The number of hydrogen-bond donors (Lipinski definition) is 3. The maximum atomic E-state index is 12.7. The summed E-state index contributed by atoms with van der Waals surface area (Å²) in [5.74, 6) is 0.649. The van der Waals surface area contributed by atoms with Gasteiger partial charge in [-0.2, -0.15) is 0 Å². The van der Waals surface area contributed by atoms with Gasteiger partial charge in [-0.3, -0.25) is 4.90 Å². The van der Waals surface area contributed by atoms with Gasteiger partial charge >= 0.3 is 6.03 Å². The lowest BCUT2D eigenvalue weighted by atomic mass is 9.94. The highest BCUT2D eigenvalue weighted by atomic mass is 16.7. The number of aliphatic hydroxyl groups is 1. The van der Waals surface area contributed by atoms with Crippen molar-refractivity contribution in [2.24, 2.45) is 0 Å². The van der Waals surface area contributed by atoms with E-state index in [9.17, 15) is 9.90 Å². The number of aliphatic hydroxyl groups excluding tert-OH is 1. The van der Waals surface area contributed by atoms with E-state index in [4.69, 9.17) is 14.2 Å². The number of carbonyl (C=O) groups is 1. The van der Waals surface area contributed by atoms with Crippen molar-refractivity contribution in [2.75, 3.05) is 50.1 Å². The summed E-state index contributed by atoms with van der Waals surface area (Å²) in [7, 11) is 1.57. The van der Waals surface area contributed by atoms with E-state index in [1.54, 1.807) is 31.4 Å². The van der Waals surface area contributed by atoms with Gasteiger partial charge in [-0.25, -0.2) is 4.79 Å². The van der Waals surface area contributed by atoms with Crippen LogP contribution in [0.15, 0.2) is 54.6 Å². The third kappa shape index (κ3) is 4.63. The normalized spacial score (nSPS) is 29.5. The first-order valence-corrected chi connectivity index (χ1v) is 11.3. The number of carbonyl (C=O) groups excluding carboxylic acids is 1. The van der Waals surface area contributed by atoms with Crippen LogP contribution >= 0.6 is 0 Å². The number of methoxy groups -OCH3 is 1. The van der Waals surface area contributed by atoms with E-state index in [1.807, 2.05) is 18.2 Å². The highest BCUT2D eigenvalue weighted by molar-refractivity contribution is 5.89. The summed E-state index contributed by atoms with van der Waals surface area (Å²) in [6, 6.07) is 16.1. The van der Waals surface area contributed by atoms with Crippen LogP contribution in [0, 0.1) is 0 Å². The number of rotatable bonds is 5. The lowest BCUT2D eigenvalue weighted by molar-refractivity contribution is -0.181. The molecule has 3 aliphatic rings. The van der Waals surface area contributed by atoms with Crippen LogP contribution in [0.5, 0.6) is 5.75 Å². The van der Waals surface area contributed by atoms with Crippen molar-refractivity contribution in [2.45, 2.75) is 30.6 Å². The zero-order valence-corrected chi connectivity index (χ0v) is 18.6. The number of benzene rings is 2. The third-order valence-electron chi connectivity index (χ3n) is 6.61. The first kappa shape index (κ1) is 22.0. The summed E-state index contributed by atoms with van der Waals surface area (Å²) in [5, 5.41) is 17.0. The number of ether oxygens (including phenoxy) is 3. The minimum Gasteiger partial charge on any atom is -0.497 e. The van der Waals surface area contributed by atoms with Crippen LogP contribution < -0.4 is 20.3 Å². The molecule has 3 N–H and O–H groups in total. The van der Waals surface area contributed by atoms with E-state index < -0.39 is 24.5 Å². The summed E-state index contributed by atoms with van der Waals surface area (Å²) in [4.78, 5) is 17.2.